The monoisotopic (exact) mass is 439 g/mol. The Balaban J connectivity index is 2.26. The summed E-state index contributed by atoms with van der Waals surface area (Å²) in [5.74, 6) is 0.622. The Hall–Kier alpha value is -1.67. The zero-order valence-electron chi connectivity index (χ0n) is 18.3. The van der Waals surface area contributed by atoms with E-state index < -0.39 is 5.97 Å². The highest BCUT2D eigenvalue weighted by atomic mass is 32.1. The van der Waals surface area contributed by atoms with Crippen LogP contribution in [0.15, 0.2) is 0 Å². The Labute approximate surface area is 183 Å². The number of esters is 1. The first kappa shape index (κ1) is 23.6. The predicted octanol–water partition coefficient (Wildman–Crippen LogP) is 4.44. The van der Waals surface area contributed by atoms with Crippen molar-refractivity contribution in [3.8, 4) is 0 Å². The van der Waals surface area contributed by atoms with E-state index in [9.17, 15) is 9.59 Å². The Bertz CT molecular complexity index is 759. The number of amides is 1. The molecule has 0 saturated heterocycles. The molecule has 1 aliphatic carbocycles. The summed E-state index contributed by atoms with van der Waals surface area (Å²) in [6.45, 7) is 11.4. The molecule has 0 radical (unpaired) electrons. The molecule has 6 nitrogen and oxygen atoms in total. The van der Waals surface area contributed by atoms with E-state index >= 15 is 0 Å². The molecule has 1 aromatic rings. The lowest BCUT2D eigenvalue weighted by atomic mass is 9.78. The van der Waals surface area contributed by atoms with Crippen molar-refractivity contribution in [2.75, 3.05) is 25.5 Å². The summed E-state index contributed by atoms with van der Waals surface area (Å²) in [7, 11) is 1.34. The molecule has 1 aromatic heterocycles. The van der Waals surface area contributed by atoms with Crippen LogP contribution in [0.3, 0.4) is 0 Å². The number of hydrogen-bond acceptors (Lipinski definition) is 5. The van der Waals surface area contributed by atoms with E-state index in [4.69, 9.17) is 17.0 Å². The largest absolute Gasteiger partial charge is 0.465 e. The lowest BCUT2D eigenvalue weighted by Crippen LogP contribution is -2.45. The third-order valence-corrected chi connectivity index (χ3v) is 7.45. The van der Waals surface area contributed by atoms with E-state index in [1.165, 1.54) is 31.3 Å². The van der Waals surface area contributed by atoms with Crippen molar-refractivity contribution in [3.05, 3.63) is 16.0 Å². The first-order chi connectivity index (χ1) is 13.7. The number of carbonyl (C=O) groups is 2. The number of hydrogen-bond donors (Lipinski definition) is 2. The number of thiocarbonyl (C=S) groups is 1. The smallest absolute Gasteiger partial charge is 0.341 e. The van der Waals surface area contributed by atoms with Crippen LogP contribution in [0, 0.1) is 18.8 Å². The third kappa shape index (κ3) is 5.28. The zero-order chi connectivity index (χ0) is 21.7. The van der Waals surface area contributed by atoms with Crippen molar-refractivity contribution >= 4 is 45.5 Å². The molecule has 8 heteroatoms. The van der Waals surface area contributed by atoms with E-state index in [1.54, 1.807) is 11.8 Å². The molecule has 0 aromatic carbocycles. The van der Waals surface area contributed by atoms with Gasteiger partial charge in [0.15, 0.2) is 5.11 Å². The molecule has 1 amide bonds. The summed E-state index contributed by atoms with van der Waals surface area (Å²) in [5, 5.41) is 7.61. The topological polar surface area (TPSA) is 70.7 Å². The molecule has 1 saturated carbocycles. The zero-order valence-corrected chi connectivity index (χ0v) is 19.9. The SMILES string of the molecule is CCN(CC)C(=O)c1sc(NC(=S)N[C@@H]2CCC[C@H](C)[C@@H]2C)c(C(=O)OC)c1C. The normalized spacial score (nSPS) is 21.4. The van der Waals surface area contributed by atoms with Gasteiger partial charge in [-0.1, -0.05) is 26.7 Å². The van der Waals surface area contributed by atoms with Gasteiger partial charge in [0.2, 0.25) is 0 Å². The van der Waals surface area contributed by atoms with Gasteiger partial charge in [-0.15, -0.1) is 11.3 Å². The predicted molar refractivity (Wildman–Crippen MR) is 123 cm³/mol. The molecule has 1 fully saturated rings. The molecular weight excluding hydrogens is 406 g/mol. The molecule has 0 bridgehead atoms. The van der Waals surface area contributed by atoms with Crippen LogP contribution in [0.2, 0.25) is 0 Å². The van der Waals surface area contributed by atoms with E-state index in [0.717, 1.165) is 6.42 Å². The summed E-state index contributed by atoms with van der Waals surface area (Å²) in [6, 6.07) is 0.304. The molecule has 1 aliphatic rings. The van der Waals surface area contributed by atoms with Gasteiger partial charge in [-0.25, -0.2) is 4.79 Å². The van der Waals surface area contributed by atoms with Crippen LogP contribution < -0.4 is 10.6 Å². The second-order valence-electron chi connectivity index (χ2n) is 7.70. The number of anilines is 1. The number of nitrogens with zero attached hydrogens (tertiary/aromatic N) is 1. The average molecular weight is 440 g/mol. The fraction of sp³-hybridized carbons (Fsp3) is 0.667. The van der Waals surface area contributed by atoms with Gasteiger partial charge in [0, 0.05) is 19.1 Å². The molecule has 2 rings (SSSR count). The van der Waals surface area contributed by atoms with Crippen molar-refractivity contribution in [3.63, 3.8) is 0 Å². The van der Waals surface area contributed by atoms with Crippen molar-refractivity contribution in [2.24, 2.45) is 11.8 Å². The minimum atomic E-state index is -0.470. The molecule has 3 atom stereocenters. The van der Waals surface area contributed by atoms with E-state index in [0.29, 0.717) is 57.1 Å². The van der Waals surface area contributed by atoms with Gasteiger partial charge in [-0.2, -0.15) is 0 Å². The lowest BCUT2D eigenvalue weighted by molar-refractivity contribution is 0.0601. The minimum absolute atomic E-state index is 0.0793. The first-order valence-corrected chi connectivity index (χ1v) is 11.6. The number of ether oxygens (including phenoxy) is 1. The Morgan fingerprint density at radius 3 is 2.48 bits per heavy atom. The highest BCUT2D eigenvalue weighted by molar-refractivity contribution is 7.80. The van der Waals surface area contributed by atoms with Crippen molar-refractivity contribution in [1.82, 2.24) is 10.2 Å². The average Bonchev–Trinajstić information content (AvgIpc) is 3.01. The molecule has 0 spiro atoms. The van der Waals surface area contributed by atoms with Gasteiger partial charge in [0.1, 0.15) is 5.00 Å². The van der Waals surface area contributed by atoms with Crippen molar-refractivity contribution < 1.29 is 14.3 Å². The number of nitrogens with one attached hydrogen (secondary N) is 2. The van der Waals surface area contributed by atoms with Crippen LogP contribution in [0.25, 0.3) is 0 Å². The first-order valence-electron chi connectivity index (χ1n) is 10.3. The van der Waals surface area contributed by atoms with Crippen molar-refractivity contribution in [2.45, 2.75) is 59.9 Å². The van der Waals surface area contributed by atoms with Crippen LogP contribution in [-0.4, -0.2) is 48.1 Å². The van der Waals surface area contributed by atoms with Crippen LogP contribution >= 0.6 is 23.6 Å². The van der Waals surface area contributed by atoms with Gasteiger partial charge in [0.25, 0.3) is 5.91 Å². The van der Waals surface area contributed by atoms with Crippen LogP contribution in [0.5, 0.6) is 0 Å². The molecule has 0 aliphatic heterocycles. The maximum atomic E-state index is 12.9. The maximum Gasteiger partial charge on any atom is 0.341 e. The maximum absolute atomic E-state index is 12.9. The van der Waals surface area contributed by atoms with Crippen LogP contribution in [0.1, 0.15) is 72.6 Å². The summed E-state index contributed by atoms with van der Waals surface area (Å²) in [4.78, 5) is 27.6. The molecular formula is C21H33N3O3S2. The van der Waals surface area contributed by atoms with Crippen LogP contribution in [-0.2, 0) is 4.74 Å². The molecule has 0 unspecified atom stereocenters. The summed E-state index contributed by atoms with van der Waals surface area (Å²) in [6.07, 6.45) is 3.50. The summed E-state index contributed by atoms with van der Waals surface area (Å²) >= 11 is 6.80. The number of rotatable bonds is 6. The molecule has 1 heterocycles. The van der Waals surface area contributed by atoms with Gasteiger partial charge in [-0.3, -0.25) is 4.79 Å². The van der Waals surface area contributed by atoms with Gasteiger partial charge in [-0.05, 0) is 56.8 Å². The Morgan fingerprint density at radius 1 is 1.24 bits per heavy atom. The number of carbonyl (C=O) groups excluding carboxylic acids is 2. The van der Waals surface area contributed by atoms with E-state index in [-0.39, 0.29) is 5.91 Å². The molecule has 2 N–H and O–H groups in total. The highest BCUT2D eigenvalue weighted by Gasteiger charge is 2.30. The van der Waals surface area contributed by atoms with Gasteiger partial charge < -0.3 is 20.3 Å². The standard InChI is InChI=1S/C21H33N3O3S2/c1-7-24(8-2)19(25)17-14(5)16(20(26)27-6)18(29-17)23-21(28)22-15-11-9-10-12(3)13(15)4/h12-13,15H,7-11H2,1-6H3,(H2,22,23,28)/t12-,13-,15+/m0/s1. The summed E-state index contributed by atoms with van der Waals surface area (Å²) in [5.41, 5.74) is 1.01. The molecule has 162 valence electrons. The summed E-state index contributed by atoms with van der Waals surface area (Å²) < 4.78 is 4.97. The van der Waals surface area contributed by atoms with Gasteiger partial charge >= 0.3 is 5.97 Å². The van der Waals surface area contributed by atoms with Crippen LogP contribution in [0.4, 0.5) is 5.00 Å². The second-order valence-corrected chi connectivity index (χ2v) is 9.13. The fourth-order valence-corrected chi connectivity index (χ4v) is 5.39. The minimum Gasteiger partial charge on any atom is -0.465 e. The number of methoxy groups -OCH3 is 1. The Kier molecular flexibility index (Phi) is 8.46. The quantitative estimate of drug-likeness (QED) is 0.505. The molecule has 29 heavy (non-hydrogen) atoms. The van der Waals surface area contributed by atoms with E-state index in [1.807, 2.05) is 13.8 Å². The van der Waals surface area contributed by atoms with Crippen molar-refractivity contribution in [1.29, 1.82) is 0 Å². The second kappa shape index (κ2) is 10.4. The number of thiophene rings is 1. The highest BCUT2D eigenvalue weighted by Crippen LogP contribution is 2.35. The van der Waals surface area contributed by atoms with Gasteiger partial charge in [0.05, 0.1) is 17.6 Å². The van der Waals surface area contributed by atoms with E-state index in [2.05, 4.69) is 24.5 Å². The Morgan fingerprint density at radius 2 is 1.90 bits per heavy atom. The lowest BCUT2D eigenvalue weighted by Gasteiger charge is -2.35. The fourth-order valence-electron chi connectivity index (χ4n) is 3.90. The third-order valence-electron chi connectivity index (χ3n) is 6.03.